The SMILES string of the molecule is COc1ncc(-c2ccccc2)c2c1C[C@]1(c3cc(OCc4ccccc4)ccc3F)N=C(N)SC[C@@H]1C2. The number of ether oxygens (including phenoxy) is 2. The second-order valence-corrected chi connectivity index (χ2v) is 10.7. The molecule has 0 amide bonds. The van der Waals surface area contributed by atoms with Crippen LogP contribution in [0.25, 0.3) is 11.1 Å². The van der Waals surface area contributed by atoms with Crippen molar-refractivity contribution in [3.63, 3.8) is 0 Å². The number of nitrogens with zero attached hydrogens (tertiary/aromatic N) is 2. The zero-order chi connectivity index (χ0) is 26.1. The quantitative estimate of drug-likeness (QED) is 0.327. The van der Waals surface area contributed by atoms with E-state index < -0.39 is 5.54 Å². The Morgan fingerprint density at radius 2 is 1.79 bits per heavy atom. The summed E-state index contributed by atoms with van der Waals surface area (Å²) in [6.07, 6.45) is 3.02. The normalized spacial score (nSPS) is 20.2. The summed E-state index contributed by atoms with van der Waals surface area (Å²) >= 11 is 1.53. The van der Waals surface area contributed by atoms with Crippen LogP contribution in [0.15, 0.2) is 90.1 Å². The molecule has 0 bridgehead atoms. The maximum Gasteiger partial charge on any atom is 0.216 e. The molecule has 0 radical (unpaired) electrons. The lowest BCUT2D eigenvalue weighted by Crippen LogP contribution is -2.46. The molecule has 38 heavy (non-hydrogen) atoms. The van der Waals surface area contributed by atoms with Crippen LogP contribution in [-0.4, -0.2) is 23.0 Å². The fourth-order valence-electron chi connectivity index (χ4n) is 5.64. The van der Waals surface area contributed by atoms with Crippen LogP contribution in [0, 0.1) is 11.7 Å². The van der Waals surface area contributed by atoms with Gasteiger partial charge in [0.05, 0.1) is 12.6 Å². The summed E-state index contributed by atoms with van der Waals surface area (Å²) < 4.78 is 27.5. The van der Waals surface area contributed by atoms with Crippen LogP contribution in [0.3, 0.4) is 0 Å². The number of amidine groups is 1. The average Bonchev–Trinajstić information content (AvgIpc) is 2.96. The van der Waals surface area contributed by atoms with E-state index in [1.165, 1.54) is 23.4 Å². The van der Waals surface area contributed by atoms with Crippen molar-refractivity contribution in [2.75, 3.05) is 12.9 Å². The number of hydrogen-bond donors (Lipinski definition) is 1. The predicted molar refractivity (Wildman–Crippen MR) is 150 cm³/mol. The summed E-state index contributed by atoms with van der Waals surface area (Å²) in [6.45, 7) is 0.393. The van der Waals surface area contributed by atoms with Crippen molar-refractivity contribution in [3.8, 4) is 22.8 Å². The van der Waals surface area contributed by atoms with E-state index >= 15 is 4.39 Å². The Balaban J connectivity index is 1.45. The van der Waals surface area contributed by atoms with Crippen LogP contribution in [0.4, 0.5) is 4.39 Å². The average molecular weight is 526 g/mol. The summed E-state index contributed by atoms with van der Waals surface area (Å²) in [7, 11) is 1.62. The standard InChI is InChI=1S/C31H28FN3O2S/c1-36-29-25-16-31(27-15-23(12-13-28(27)32)37-18-20-8-4-2-5-9-20)22(19-38-30(33)35-31)14-24(25)26(17-34-29)21-10-6-3-7-11-21/h2-13,15,17,22H,14,16,18-19H2,1H3,(H2,33,35)/t22-,31-/m0/s1. The van der Waals surface area contributed by atoms with E-state index in [1.807, 2.05) is 54.7 Å². The zero-order valence-electron chi connectivity index (χ0n) is 21.1. The molecule has 1 aromatic heterocycles. The minimum Gasteiger partial charge on any atom is -0.489 e. The predicted octanol–water partition coefficient (Wildman–Crippen LogP) is 6.15. The Hall–Kier alpha value is -3.84. The number of halogens is 1. The van der Waals surface area contributed by atoms with Gasteiger partial charge in [-0.2, -0.15) is 0 Å². The van der Waals surface area contributed by atoms with Crippen molar-refractivity contribution in [1.29, 1.82) is 0 Å². The number of benzene rings is 3. The topological polar surface area (TPSA) is 69.7 Å². The van der Waals surface area contributed by atoms with Gasteiger partial charge >= 0.3 is 0 Å². The third-order valence-electron chi connectivity index (χ3n) is 7.50. The van der Waals surface area contributed by atoms with Crippen molar-refractivity contribution in [1.82, 2.24) is 4.98 Å². The molecule has 2 atom stereocenters. The lowest BCUT2D eigenvalue weighted by atomic mass is 9.66. The van der Waals surface area contributed by atoms with E-state index in [9.17, 15) is 0 Å². The molecule has 0 saturated carbocycles. The molecule has 3 aromatic carbocycles. The Morgan fingerprint density at radius 1 is 1.03 bits per heavy atom. The van der Waals surface area contributed by atoms with Gasteiger partial charge in [0.25, 0.3) is 0 Å². The van der Waals surface area contributed by atoms with Crippen LogP contribution < -0.4 is 15.2 Å². The largest absolute Gasteiger partial charge is 0.489 e. The Labute approximate surface area is 225 Å². The molecule has 5 nitrogen and oxygen atoms in total. The molecule has 4 aromatic rings. The highest BCUT2D eigenvalue weighted by atomic mass is 32.2. The van der Waals surface area contributed by atoms with Gasteiger partial charge in [0.15, 0.2) is 5.17 Å². The molecule has 1 aliphatic heterocycles. The van der Waals surface area contributed by atoms with Crippen molar-refractivity contribution in [2.24, 2.45) is 16.6 Å². The van der Waals surface area contributed by atoms with Gasteiger partial charge in [-0.1, -0.05) is 72.4 Å². The van der Waals surface area contributed by atoms with Gasteiger partial charge in [-0.05, 0) is 41.3 Å². The summed E-state index contributed by atoms with van der Waals surface area (Å²) in [5.41, 5.74) is 11.3. The van der Waals surface area contributed by atoms with Gasteiger partial charge in [0, 0.05) is 41.0 Å². The van der Waals surface area contributed by atoms with Crippen molar-refractivity contribution in [3.05, 3.63) is 113 Å². The molecular weight excluding hydrogens is 497 g/mol. The summed E-state index contributed by atoms with van der Waals surface area (Å²) in [5.74, 6) is 1.59. The molecule has 1 aliphatic carbocycles. The molecule has 192 valence electrons. The highest BCUT2D eigenvalue weighted by Crippen LogP contribution is 2.52. The second kappa shape index (κ2) is 10.1. The first-order chi connectivity index (χ1) is 18.6. The molecule has 0 saturated heterocycles. The highest BCUT2D eigenvalue weighted by molar-refractivity contribution is 8.13. The summed E-state index contributed by atoms with van der Waals surface area (Å²) in [6, 6.07) is 25.1. The van der Waals surface area contributed by atoms with Gasteiger partial charge in [0.2, 0.25) is 5.88 Å². The van der Waals surface area contributed by atoms with E-state index in [0.29, 0.717) is 41.8 Å². The highest BCUT2D eigenvalue weighted by Gasteiger charge is 2.49. The van der Waals surface area contributed by atoms with Crippen LogP contribution >= 0.6 is 11.8 Å². The lowest BCUT2D eigenvalue weighted by Gasteiger charge is -2.45. The second-order valence-electron chi connectivity index (χ2n) is 9.68. The first-order valence-corrected chi connectivity index (χ1v) is 13.6. The Kier molecular flexibility index (Phi) is 6.54. The van der Waals surface area contributed by atoms with Crippen molar-refractivity contribution >= 4 is 16.9 Å². The third kappa shape index (κ3) is 4.41. The molecule has 0 unspecified atom stereocenters. The van der Waals surface area contributed by atoms with Gasteiger partial charge in [-0.15, -0.1) is 0 Å². The minimum absolute atomic E-state index is 0.0285. The van der Waals surface area contributed by atoms with Crippen LogP contribution in [-0.2, 0) is 25.0 Å². The lowest BCUT2D eigenvalue weighted by molar-refractivity contribution is 0.259. The molecule has 6 rings (SSSR count). The number of nitrogens with two attached hydrogens (primary N) is 1. The van der Waals surface area contributed by atoms with Crippen molar-refractivity contribution in [2.45, 2.75) is 25.0 Å². The van der Waals surface area contributed by atoms with Crippen LogP contribution in [0.1, 0.15) is 22.3 Å². The molecule has 2 heterocycles. The van der Waals surface area contributed by atoms with Crippen LogP contribution in [0.2, 0.25) is 0 Å². The Bertz CT molecular complexity index is 1500. The van der Waals surface area contributed by atoms with E-state index in [0.717, 1.165) is 28.0 Å². The maximum absolute atomic E-state index is 15.7. The van der Waals surface area contributed by atoms with E-state index in [-0.39, 0.29) is 11.7 Å². The van der Waals surface area contributed by atoms with Gasteiger partial charge in [-0.25, -0.2) is 9.37 Å². The van der Waals surface area contributed by atoms with Gasteiger partial charge in [0.1, 0.15) is 18.2 Å². The van der Waals surface area contributed by atoms with E-state index in [1.54, 1.807) is 19.2 Å². The first-order valence-electron chi connectivity index (χ1n) is 12.6. The molecule has 2 N–H and O–H groups in total. The number of hydrogen-bond acceptors (Lipinski definition) is 6. The number of rotatable bonds is 6. The number of aromatic nitrogens is 1. The summed E-state index contributed by atoms with van der Waals surface area (Å²) in [5, 5.41) is 0.464. The third-order valence-corrected chi connectivity index (χ3v) is 8.46. The van der Waals surface area contributed by atoms with Crippen molar-refractivity contribution < 1.29 is 13.9 Å². The zero-order valence-corrected chi connectivity index (χ0v) is 21.9. The molecule has 2 aliphatic rings. The number of methoxy groups -OCH3 is 1. The molecule has 0 fully saturated rings. The van der Waals surface area contributed by atoms with Gasteiger partial charge in [-0.3, -0.25) is 4.99 Å². The smallest absolute Gasteiger partial charge is 0.216 e. The number of thioether (sulfide) groups is 1. The first kappa shape index (κ1) is 24.5. The van der Waals surface area contributed by atoms with E-state index in [2.05, 4.69) is 17.1 Å². The van der Waals surface area contributed by atoms with Crippen LogP contribution in [0.5, 0.6) is 11.6 Å². The maximum atomic E-state index is 15.7. The summed E-state index contributed by atoms with van der Waals surface area (Å²) in [4.78, 5) is 9.63. The fourth-order valence-corrected chi connectivity index (χ4v) is 6.64. The molecule has 7 heteroatoms. The van der Waals surface area contributed by atoms with Gasteiger partial charge < -0.3 is 15.2 Å². The monoisotopic (exact) mass is 525 g/mol. The molecular formula is C31H28FN3O2S. The number of fused-ring (bicyclic) bond motifs is 2. The Morgan fingerprint density at radius 3 is 2.55 bits per heavy atom. The molecule has 0 spiro atoms. The number of aliphatic imine (C=N–C) groups is 1. The number of pyridine rings is 1. The van der Waals surface area contributed by atoms with E-state index in [4.69, 9.17) is 20.2 Å². The minimum atomic E-state index is -0.886. The fraction of sp³-hybridized carbons (Fsp3) is 0.226.